The van der Waals surface area contributed by atoms with Crippen LogP contribution in [0.15, 0.2) is 36.7 Å². The van der Waals surface area contributed by atoms with Gasteiger partial charge in [0.25, 0.3) is 0 Å². The zero-order valence-corrected chi connectivity index (χ0v) is 12.9. The SMILES string of the molecule is Cc1nccn1Cc1cccc(CNC(=O)C2CCCN2)c1. The molecule has 1 amide bonds. The first-order chi connectivity index (χ1) is 10.7. The van der Waals surface area contributed by atoms with Crippen LogP contribution in [0, 0.1) is 6.92 Å². The summed E-state index contributed by atoms with van der Waals surface area (Å²) in [5, 5.41) is 6.24. The Bertz CT molecular complexity index is 644. The topological polar surface area (TPSA) is 59.0 Å². The van der Waals surface area contributed by atoms with Gasteiger partial charge >= 0.3 is 0 Å². The van der Waals surface area contributed by atoms with Crippen LogP contribution in [-0.4, -0.2) is 28.0 Å². The third-order valence-electron chi connectivity index (χ3n) is 4.11. The third kappa shape index (κ3) is 3.54. The van der Waals surface area contributed by atoms with E-state index in [1.165, 1.54) is 5.56 Å². The second-order valence-electron chi connectivity index (χ2n) is 5.79. The molecule has 22 heavy (non-hydrogen) atoms. The number of aromatic nitrogens is 2. The highest BCUT2D eigenvalue weighted by atomic mass is 16.2. The van der Waals surface area contributed by atoms with Crippen LogP contribution in [-0.2, 0) is 17.9 Å². The van der Waals surface area contributed by atoms with Crippen LogP contribution in [0.4, 0.5) is 0 Å². The standard InChI is InChI=1S/C17H22N4O/c1-13-18-8-9-21(13)12-15-5-2-4-14(10-15)11-20-17(22)16-6-3-7-19-16/h2,4-5,8-10,16,19H,3,6-7,11-12H2,1H3,(H,20,22). The summed E-state index contributed by atoms with van der Waals surface area (Å²) in [7, 11) is 0. The minimum atomic E-state index is -0.0169. The molecule has 1 atom stereocenters. The third-order valence-corrected chi connectivity index (χ3v) is 4.11. The maximum absolute atomic E-state index is 12.0. The summed E-state index contributed by atoms with van der Waals surface area (Å²) in [6, 6.07) is 8.31. The minimum absolute atomic E-state index is 0.0169. The summed E-state index contributed by atoms with van der Waals surface area (Å²) in [6.07, 6.45) is 5.81. The Kier molecular flexibility index (Phi) is 4.53. The minimum Gasteiger partial charge on any atom is -0.351 e. The highest BCUT2D eigenvalue weighted by Gasteiger charge is 2.21. The lowest BCUT2D eigenvalue weighted by molar-refractivity contribution is -0.122. The van der Waals surface area contributed by atoms with Gasteiger partial charge in [0.15, 0.2) is 0 Å². The van der Waals surface area contributed by atoms with Crippen molar-refractivity contribution in [1.82, 2.24) is 20.2 Å². The van der Waals surface area contributed by atoms with Gasteiger partial charge in [-0.3, -0.25) is 4.79 Å². The summed E-state index contributed by atoms with van der Waals surface area (Å²) >= 11 is 0. The summed E-state index contributed by atoms with van der Waals surface area (Å²) in [4.78, 5) is 16.3. The Morgan fingerprint density at radius 3 is 3.05 bits per heavy atom. The fourth-order valence-electron chi connectivity index (χ4n) is 2.83. The summed E-state index contributed by atoms with van der Waals surface area (Å²) < 4.78 is 2.11. The molecule has 2 heterocycles. The van der Waals surface area contributed by atoms with Crippen molar-refractivity contribution in [1.29, 1.82) is 0 Å². The zero-order chi connectivity index (χ0) is 15.4. The van der Waals surface area contributed by atoms with E-state index in [0.717, 1.165) is 37.3 Å². The van der Waals surface area contributed by atoms with Crippen LogP contribution in [0.25, 0.3) is 0 Å². The number of carbonyl (C=O) groups is 1. The molecule has 0 radical (unpaired) electrons. The second kappa shape index (κ2) is 6.75. The Morgan fingerprint density at radius 2 is 2.32 bits per heavy atom. The molecule has 0 saturated carbocycles. The molecule has 3 rings (SSSR count). The van der Waals surface area contributed by atoms with Crippen molar-refractivity contribution in [2.24, 2.45) is 0 Å². The molecule has 1 unspecified atom stereocenters. The van der Waals surface area contributed by atoms with E-state index in [4.69, 9.17) is 0 Å². The van der Waals surface area contributed by atoms with Crippen molar-refractivity contribution in [3.05, 3.63) is 53.6 Å². The molecule has 1 aliphatic heterocycles. The number of hydrogen-bond acceptors (Lipinski definition) is 3. The average molecular weight is 298 g/mol. The van der Waals surface area contributed by atoms with E-state index in [0.29, 0.717) is 6.54 Å². The first-order valence-corrected chi connectivity index (χ1v) is 7.79. The Hall–Kier alpha value is -2.14. The molecular weight excluding hydrogens is 276 g/mol. The maximum atomic E-state index is 12.0. The van der Waals surface area contributed by atoms with E-state index in [-0.39, 0.29) is 11.9 Å². The van der Waals surface area contributed by atoms with Crippen LogP contribution < -0.4 is 10.6 Å². The lowest BCUT2D eigenvalue weighted by Gasteiger charge is -2.12. The van der Waals surface area contributed by atoms with Crippen molar-refractivity contribution in [2.45, 2.75) is 38.9 Å². The molecule has 1 saturated heterocycles. The maximum Gasteiger partial charge on any atom is 0.237 e. The van der Waals surface area contributed by atoms with Gasteiger partial charge in [-0.25, -0.2) is 4.98 Å². The van der Waals surface area contributed by atoms with Crippen molar-refractivity contribution >= 4 is 5.91 Å². The molecule has 2 N–H and O–H groups in total. The van der Waals surface area contributed by atoms with Crippen LogP contribution in [0.1, 0.15) is 29.8 Å². The molecule has 5 nitrogen and oxygen atoms in total. The van der Waals surface area contributed by atoms with Crippen LogP contribution in [0.2, 0.25) is 0 Å². The molecule has 5 heteroatoms. The number of amides is 1. The van der Waals surface area contributed by atoms with Crippen LogP contribution >= 0.6 is 0 Å². The summed E-state index contributed by atoms with van der Waals surface area (Å²) in [5.74, 6) is 1.11. The number of benzene rings is 1. The largest absolute Gasteiger partial charge is 0.351 e. The normalized spacial score (nSPS) is 17.6. The van der Waals surface area contributed by atoms with Crippen molar-refractivity contribution in [3.63, 3.8) is 0 Å². The van der Waals surface area contributed by atoms with Gasteiger partial charge in [-0.2, -0.15) is 0 Å². The molecular formula is C17H22N4O. The Balaban J connectivity index is 1.59. The lowest BCUT2D eigenvalue weighted by atomic mass is 10.1. The highest BCUT2D eigenvalue weighted by Crippen LogP contribution is 2.10. The molecule has 116 valence electrons. The fraction of sp³-hybridized carbons (Fsp3) is 0.412. The smallest absolute Gasteiger partial charge is 0.237 e. The number of imidazole rings is 1. The first kappa shape index (κ1) is 14.8. The predicted molar refractivity (Wildman–Crippen MR) is 85.4 cm³/mol. The number of hydrogen-bond donors (Lipinski definition) is 2. The summed E-state index contributed by atoms with van der Waals surface area (Å²) in [5.41, 5.74) is 2.34. The number of carbonyl (C=O) groups excluding carboxylic acids is 1. The van der Waals surface area contributed by atoms with E-state index in [2.05, 4.69) is 32.3 Å². The second-order valence-corrected chi connectivity index (χ2v) is 5.79. The molecule has 1 aromatic heterocycles. The number of aryl methyl sites for hydroxylation is 1. The number of nitrogens with one attached hydrogen (secondary N) is 2. The number of rotatable bonds is 5. The molecule has 0 bridgehead atoms. The highest BCUT2D eigenvalue weighted by molar-refractivity contribution is 5.81. The first-order valence-electron chi connectivity index (χ1n) is 7.79. The molecule has 1 aliphatic rings. The van der Waals surface area contributed by atoms with E-state index < -0.39 is 0 Å². The fourth-order valence-corrected chi connectivity index (χ4v) is 2.83. The van der Waals surface area contributed by atoms with Gasteiger partial charge in [-0.15, -0.1) is 0 Å². The van der Waals surface area contributed by atoms with Crippen molar-refractivity contribution < 1.29 is 4.79 Å². The van der Waals surface area contributed by atoms with Gasteiger partial charge in [-0.05, 0) is 37.4 Å². The predicted octanol–water partition coefficient (Wildman–Crippen LogP) is 1.61. The molecule has 0 aliphatic carbocycles. The van der Waals surface area contributed by atoms with E-state index in [1.807, 2.05) is 31.5 Å². The van der Waals surface area contributed by atoms with Gasteiger partial charge in [0, 0.05) is 25.5 Å². The molecule has 0 spiro atoms. The zero-order valence-electron chi connectivity index (χ0n) is 12.9. The summed E-state index contributed by atoms with van der Waals surface area (Å²) in [6.45, 7) is 4.32. The van der Waals surface area contributed by atoms with Crippen LogP contribution in [0.5, 0.6) is 0 Å². The van der Waals surface area contributed by atoms with E-state index >= 15 is 0 Å². The molecule has 1 aromatic carbocycles. The van der Waals surface area contributed by atoms with Gasteiger partial charge in [0.2, 0.25) is 5.91 Å². The molecule has 1 fully saturated rings. The van der Waals surface area contributed by atoms with Crippen molar-refractivity contribution in [2.75, 3.05) is 6.54 Å². The number of nitrogens with zero attached hydrogens (tertiary/aromatic N) is 2. The molecule has 2 aromatic rings. The Morgan fingerprint density at radius 1 is 1.45 bits per heavy atom. The van der Waals surface area contributed by atoms with E-state index in [9.17, 15) is 4.79 Å². The van der Waals surface area contributed by atoms with Gasteiger partial charge in [0.1, 0.15) is 5.82 Å². The van der Waals surface area contributed by atoms with Crippen molar-refractivity contribution in [3.8, 4) is 0 Å². The van der Waals surface area contributed by atoms with Crippen LogP contribution in [0.3, 0.4) is 0 Å². The lowest BCUT2D eigenvalue weighted by Crippen LogP contribution is -2.40. The Labute approximate surface area is 130 Å². The van der Waals surface area contributed by atoms with Gasteiger partial charge in [0.05, 0.1) is 6.04 Å². The monoisotopic (exact) mass is 298 g/mol. The average Bonchev–Trinajstić information content (AvgIpc) is 3.18. The van der Waals surface area contributed by atoms with Gasteiger partial charge < -0.3 is 15.2 Å². The van der Waals surface area contributed by atoms with E-state index in [1.54, 1.807) is 0 Å². The van der Waals surface area contributed by atoms with Gasteiger partial charge in [-0.1, -0.05) is 24.3 Å². The quantitative estimate of drug-likeness (QED) is 0.881.